The van der Waals surface area contributed by atoms with Crippen LogP contribution in [0.4, 0.5) is 0 Å². The summed E-state index contributed by atoms with van der Waals surface area (Å²) in [6.45, 7) is 2.00. The molecule has 17 heavy (non-hydrogen) atoms. The van der Waals surface area contributed by atoms with Gasteiger partial charge in [-0.15, -0.1) is 5.10 Å². The minimum absolute atomic E-state index is 0.715. The highest BCUT2D eigenvalue weighted by Crippen LogP contribution is 2.29. The fraction of sp³-hybridized carbons (Fsp3) is 0.0909. The third-order valence-corrected chi connectivity index (χ3v) is 4.08. The average molecular weight is 329 g/mol. The Kier molecular flexibility index (Phi) is 2.69. The van der Waals surface area contributed by atoms with Gasteiger partial charge in [-0.25, -0.2) is 9.50 Å². The van der Waals surface area contributed by atoms with Crippen LogP contribution in [0.15, 0.2) is 28.2 Å². The lowest BCUT2D eigenvalue weighted by molar-refractivity contribution is 0.919. The molecule has 1 aromatic carbocycles. The minimum atomic E-state index is 0.715. The van der Waals surface area contributed by atoms with Gasteiger partial charge < -0.3 is 0 Å². The molecule has 0 fully saturated rings. The Morgan fingerprint density at radius 1 is 1.41 bits per heavy atom. The summed E-state index contributed by atoms with van der Waals surface area (Å²) in [7, 11) is 0. The van der Waals surface area contributed by atoms with E-state index in [1.165, 1.54) is 11.3 Å². The van der Waals surface area contributed by atoms with E-state index in [4.69, 9.17) is 11.6 Å². The fourth-order valence-corrected chi connectivity index (χ4v) is 3.19. The van der Waals surface area contributed by atoms with Gasteiger partial charge in [0.05, 0.1) is 11.4 Å². The van der Waals surface area contributed by atoms with E-state index in [1.54, 1.807) is 0 Å². The van der Waals surface area contributed by atoms with E-state index in [1.807, 2.05) is 35.7 Å². The first-order valence-corrected chi connectivity index (χ1v) is 6.91. The molecule has 3 aromatic rings. The maximum atomic E-state index is 5.99. The van der Waals surface area contributed by atoms with E-state index in [-0.39, 0.29) is 0 Å². The van der Waals surface area contributed by atoms with Crippen molar-refractivity contribution in [1.29, 1.82) is 0 Å². The highest BCUT2D eigenvalue weighted by molar-refractivity contribution is 9.11. The van der Waals surface area contributed by atoms with Crippen LogP contribution in [0.2, 0.25) is 5.02 Å². The summed E-state index contributed by atoms with van der Waals surface area (Å²) in [6, 6.07) is 7.69. The molecule has 6 heteroatoms. The number of hydrogen-bond acceptors (Lipinski definition) is 3. The molecule has 0 saturated heterocycles. The maximum absolute atomic E-state index is 5.99. The van der Waals surface area contributed by atoms with Gasteiger partial charge in [-0.05, 0) is 35.0 Å². The maximum Gasteiger partial charge on any atom is 0.213 e. The molecule has 0 radical (unpaired) electrons. The van der Waals surface area contributed by atoms with Crippen LogP contribution in [0, 0.1) is 6.92 Å². The number of aromatic nitrogens is 3. The molecule has 0 unspecified atom stereocenters. The van der Waals surface area contributed by atoms with Crippen LogP contribution in [-0.4, -0.2) is 14.6 Å². The minimum Gasteiger partial charge on any atom is -0.217 e. The first kappa shape index (κ1) is 11.2. The predicted molar refractivity (Wildman–Crippen MR) is 73.7 cm³/mol. The molecule has 2 heterocycles. The molecule has 0 bridgehead atoms. The SMILES string of the molecule is Cc1c(-c2cccc(Cl)c2)nc2sc(Br)nn12. The Bertz CT molecular complexity index is 704. The topological polar surface area (TPSA) is 30.2 Å². The van der Waals surface area contributed by atoms with E-state index in [9.17, 15) is 0 Å². The summed E-state index contributed by atoms with van der Waals surface area (Å²) in [4.78, 5) is 5.45. The zero-order valence-corrected chi connectivity index (χ0v) is 12.0. The van der Waals surface area contributed by atoms with Crippen molar-refractivity contribution >= 4 is 43.8 Å². The first-order valence-electron chi connectivity index (χ1n) is 4.93. The van der Waals surface area contributed by atoms with E-state index < -0.39 is 0 Å². The Labute approximate surface area is 115 Å². The van der Waals surface area contributed by atoms with Gasteiger partial charge in [-0.3, -0.25) is 0 Å². The van der Waals surface area contributed by atoms with E-state index in [2.05, 4.69) is 26.0 Å². The molecule has 3 nitrogen and oxygen atoms in total. The van der Waals surface area contributed by atoms with Crippen LogP contribution in [0.25, 0.3) is 16.2 Å². The van der Waals surface area contributed by atoms with Gasteiger partial charge in [0, 0.05) is 10.6 Å². The normalized spacial score (nSPS) is 11.2. The number of hydrogen-bond donors (Lipinski definition) is 0. The Balaban J connectivity index is 2.24. The summed E-state index contributed by atoms with van der Waals surface area (Å²) in [5, 5.41) is 5.05. The number of aryl methyl sites for hydroxylation is 1. The summed E-state index contributed by atoms with van der Waals surface area (Å²) in [5.74, 6) is 0. The van der Waals surface area contributed by atoms with Crippen molar-refractivity contribution < 1.29 is 0 Å². The van der Waals surface area contributed by atoms with Crippen molar-refractivity contribution in [2.75, 3.05) is 0 Å². The Morgan fingerprint density at radius 2 is 2.24 bits per heavy atom. The molecular formula is C11H7BrClN3S. The van der Waals surface area contributed by atoms with E-state index in [0.717, 1.165) is 25.8 Å². The molecule has 2 aromatic heterocycles. The Morgan fingerprint density at radius 3 is 2.94 bits per heavy atom. The number of rotatable bonds is 1. The van der Waals surface area contributed by atoms with Gasteiger partial charge >= 0.3 is 0 Å². The average Bonchev–Trinajstić information content (AvgIpc) is 2.78. The summed E-state index contributed by atoms with van der Waals surface area (Å²) >= 11 is 10.9. The number of imidazole rings is 1. The van der Waals surface area contributed by atoms with Crippen molar-refractivity contribution in [2.45, 2.75) is 6.92 Å². The number of halogens is 2. The molecule has 0 amide bonds. The van der Waals surface area contributed by atoms with Crippen LogP contribution < -0.4 is 0 Å². The van der Waals surface area contributed by atoms with Crippen molar-refractivity contribution in [3.63, 3.8) is 0 Å². The smallest absolute Gasteiger partial charge is 0.213 e. The molecule has 0 saturated carbocycles. The lowest BCUT2D eigenvalue weighted by Gasteiger charge is -1.99. The summed E-state index contributed by atoms with van der Waals surface area (Å²) in [5.41, 5.74) is 2.96. The number of benzene rings is 1. The molecule has 3 rings (SSSR count). The molecule has 86 valence electrons. The van der Waals surface area contributed by atoms with Crippen LogP contribution in [-0.2, 0) is 0 Å². The molecule has 0 aliphatic heterocycles. The second-order valence-corrected chi connectivity index (χ2v) is 6.27. The largest absolute Gasteiger partial charge is 0.217 e. The second kappa shape index (κ2) is 4.08. The summed E-state index contributed by atoms with van der Waals surface area (Å²) in [6.07, 6.45) is 0. The van der Waals surface area contributed by atoms with Gasteiger partial charge in [0.2, 0.25) is 4.96 Å². The molecule has 0 N–H and O–H groups in total. The molecule has 0 aliphatic carbocycles. The van der Waals surface area contributed by atoms with Crippen molar-refractivity contribution in [2.24, 2.45) is 0 Å². The highest BCUT2D eigenvalue weighted by atomic mass is 79.9. The van der Waals surface area contributed by atoms with Crippen molar-refractivity contribution in [1.82, 2.24) is 14.6 Å². The van der Waals surface area contributed by atoms with Gasteiger partial charge in [0.15, 0.2) is 3.92 Å². The van der Waals surface area contributed by atoms with E-state index >= 15 is 0 Å². The van der Waals surface area contributed by atoms with Gasteiger partial charge in [0.25, 0.3) is 0 Å². The van der Waals surface area contributed by atoms with Gasteiger partial charge in [-0.2, -0.15) is 0 Å². The molecule has 0 spiro atoms. The predicted octanol–water partition coefficient (Wildman–Crippen LogP) is 4.18. The highest BCUT2D eigenvalue weighted by Gasteiger charge is 2.13. The van der Waals surface area contributed by atoms with E-state index in [0.29, 0.717) is 5.02 Å². The zero-order chi connectivity index (χ0) is 12.0. The fourth-order valence-electron chi connectivity index (χ4n) is 1.74. The molecule has 0 aliphatic rings. The van der Waals surface area contributed by atoms with Crippen molar-refractivity contribution in [3.8, 4) is 11.3 Å². The lowest BCUT2D eigenvalue weighted by Crippen LogP contribution is -1.88. The molecular weight excluding hydrogens is 322 g/mol. The van der Waals surface area contributed by atoms with Crippen LogP contribution in [0.5, 0.6) is 0 Å². The summed E-state index contributed by atoms with van der Waals surface area (Å²) < 4.78 is 2.67. The molecule has 0 atom stereocenters. The lowest BCUT2D eigenvalue weighted by atomic mass is 10.1. The number of fused-ring (bicyclic) bond motifs is 1. The zero-order valence-electron chi connectivity index (χ0n) is 8.82. The number of nitrogens with zero attached hydrogens (tertiary/aromatic N) is 3. The van der Waals surface area contributed by atoms with Crippen LogP contribution in [0.1, 0.15) is 5.69 Å². The Hall–Kier alpha value is -0.910. The second-order valence-electron chi connectivity index (χ2n) is 3.61. The van der Waals surface area contributed by atoms with Gasteiger partial charge in [0.1, 0.15) is 0 Å². The monoisotopic (exact) mass is 327 g/mol. The first-order chi connectivity index (χ1) is 8.15. The van der Waals surface area contributed by atoms with Crippen LogP contribution >= 0.6 is 38.9 Å². The third kappa shape index (κ3) is 1.88. The van der Waals surface area contributed by atoms with Crippen LogP contribution in [0.3, 0.4) is 0 Å². The third-order valence-electron chi connectivity index (χ3n) is 2.50. The van der Waals surface area contributed by atoms with Crippen molar-refractivity contribution in [3.05, 3.63) is 38.9 Å². The quantitative estimate of drug-likeness (QED) is 0.671. The van der Waals surface area contributed by atoms with Gasteiger partial charge in [-0.1, -0.05) is 35.1 Å². The standard InChI is InChI=1S/C11H7BrClN3S/c1-6-9(7-3-2-4-8(13)5-7)14-11-16(6)15-10(12)17-11/h2-5H,1H3.